The molecule has 2 amide bonds. The number of pyridine rings is 2. The van der Waals surface area contributed by atoms with Gasteiger partial charge >= 0.3 is 0 Å². The van der Waals surface area contributed by atoms with Gasteiger partial charge in [-0.1, -0.05) is 48.5 Å². The molecule has 272 valence electrons. The summed E-state index contributed by atoms with van der Waals surface area (Å²) in [6.45, 7) is 6.32. The molecular weight excluding hydrogens is 669 g/mol. The Labute approximate surface area is 308 Å². The van der Waals surface area contributed by atoms with Gasteiger partial charge in [0.05, 0.1) is 41.4 Å². The van der Waals surface area contributed by atoms with Crippen molar-refractivity contribution in [2.75, 3.05) is 30.8 Å². The Morgan fingerprint density at radius 3 is 1.83 bits per heavy atom. The molecule has 0 aliphatic rings. The first-order valence-corrected chi connectivity index (χ1v) is 17.3. The van der Waals surface area contributed by atoms with Crippen molar-refractivity contribution >= 4 is 45.0 Å². The number of fused-ring (bicyclic) bond motifs is 2. The lowest BCUT2D eigenvalue weighted by Crippen LogP contribution is -2.36. The summed E-state index contributed by atoms with van der Waals surface area (Å²) in [6, 6.07) is 25.7. The van der Waals surface area contributed by atoms with Gasteiger partial charge < -0.3 is 42.6 Å². The number of carbonyl (C=O) groups excluding carboxylic acids is 2. The van der Waals surface area contributed by atoms with Gasteiger partial charge in [-0.2, -0.15) is 0 Å². The van der Waals surface area contributed by atoms with E-state index >= 15 is 0 Å². The number of rotatable bonds is 14. The summed E-state index contributed by atoms with van der Waals surface area (Å²) in [5.74, 6) is 0.450. The number of primary amides is 1. The van der Waals surface area contributed by atoms with Crippen molar-refractivity contribution in [2.24, 2.45) is 17.2 Å². The van der Waals surface area contributed by atoms with Crippen molar-refractivity contribution in [1.29, 1.82) is 0 Å². The third-order valence-corrected chi connectivity index (χ3v) is 9.22. The van der Waals surface area contributed by atoms with Gasteiger partial charge in [0.2, 0.25) is 0 Å². The van der Waals surface area contributed by atoms with Crippen molar-refractivity contribution < 1.29 is 19.1 Å². The van der Waals surface area contributed by atoms with Crippen LogP contribution in [0.25, 0.3) is 21.8 Å². The summed E-state index contributed by atoms with van der Waals surface area (Å²) < 4.78 is 11.5. The summed E-state index contributed by atoms with van der Waals surface area (Å²) in [5.41, 5.74) is 25.3. The minimum absolute atomic E-state index is 0.196. The highest BCUT2D eigenvalue weighted by molar-refractivity contribution is 6.09. The number of methoxy groups -OCH3 is 1. The van der Waals surface area contributed by atoms with Crippen LogP contribution in [0.15, 0.2) is 97.3 Å². The molecule has 0 saturated carbocycles. The van der Waals surface area contributed by atoms with E-state index in [9.17, 15) is 9.59 Å². The van der Waals surface area contributed by atoms with Crippen LogP contribution in [0.1, 0.15) is 62.0 Å². The van der Waals surface area contributed by atoms with E-state index in [1.165, 1.54) is 0 Å². The highest BCUT2D eigenvalue weighted by Gasteiger charge is 2.20. The molecule has 9 N–H and O–H groups in total. The number of para-hydroxylation sites is 2. The number of nitrogens with one attached hydrogen (secondary N) is 3. The Morgan fingerprint density at radius 1 is 0.717 bits per heavy atom. The number of nitrogens with zero attached hydrogens (tertiary/aromatic N) is 2. The lowest BCUT2D eigenvalue weighted by molar-refractivity contribution is 0.0852. The number of carbonyl (C=O) groups is 2. The molecule has 53 heavy (non-hydrogen) atoms. The molecule has 0 saturated heterocycles. The molecular formula is C41H44N8O4. The van der Waals surface area contributed by atoms with Crippen LogP contribution < -0.4 is 42.6 Å². The molecule has 6 aromatic rings. The molecule has 0 radical (unpaired) electrons. The van der Waals surface area contributed by atoms with Crippen LogP contribution in [0, 0.1) is 13.8 Å². The molecule has 0 fully saturated rings. The number of nitrogens with two attached hydrogens (primary N) is 3. The van der Waals surface area contributed by atoms with Crippen LogP contribution >= 0.6 is 0 Å². The summed E-state index contributed by atoms with van der Waals surface area (Å²) in [6.07, 6.45) is 2.81. The van der Waals surface area contributed by atoms with Gasteiger partial charge in [-0.15, -0.1) is 0 Å². The van der Waals surface area contributed by atoms with E-state index in [0.717, 1.165) is 50.2 Å². The van der Waals surface area contributed by atoms with Crippen LogP contribution in [0.3, 0.4) is 0 Å². The van der Waals surface area contributed by atoms with Crippen LogP contribution in [0.5, 0.6) is 11.5 Å². The second kappa shape index (κ2) is 16.0. The Hall–Kier alpha value is -6.24. The second-order valence-electron chi connectivity index (χ2n) is 12.8. The van der Waals surface area contributed by atoms with E-state index in [2.05, 4.69) is 25.9 Å². The molecule has 3 atom stereocenters. The van der Waals surface area contributed by atoms with Crippen molar-refractivity contribution in [1.82, 2.24) is 15.3 Å². The fraction of sp³-hybridized carbons (Fsp3) is 0.220. The predicted octanol–water partition coefficient (Wildman–Crippen LogP) is 5.89. The number of aryl methyl sites for hydroxylation is 2. The molecule has 12 nitrogen and oxygen atoms in total. The van der Waals surface area contributed by atoms with E-state index in [0.29, 0.717) is 41.0 Å². The average Bonchev–Trinajstić information content (AvgIpc) is 3.17. The number of hydrogen-bond donors (Lipinski definition) is 6. The van der Waals surface area contributed by atoms with Crippen LogP contribution in [-0.4, -0.2) is 48.2 Å². The lowest BCUT2D eigenvalue weighted by Gasteiger charge is -2.23. The maximum atomic E-state index is 13.6. The van der Waals surface area contributed by atoms with Crippen molar-refractivity contribution in [2.45, 2.75) is 39.1 Å². The Balaban J connectivity index is 1.15. The number of hydrogen-bond acceptors (Lipinski definition) is 10. The predicted molar refractivity (Wildman–Crippen MR) is 209 cm³/mol. The lowest BCUT2D eigenvalue weighted by atomic mass is 10.0. The summed E-state index contributed by atoms with van der Waals surface area (Å²) in [5, 5.41) is 11.7. The Bertz CT molecular complexity index is 2280. The van der Waals surface area contributed by atoms with Gasteiger partial charge in [-0.3, -0.25) is 19.6 Å². The van der Waals surface area contributed by atoms with Crippen molar-refractivity contribution in [3.63, 3.8) is 0 Å². The number of anilines is 2. The zero-order valence-electron chi connectivity index (χ0n) is 30.1. The number of benzene rings is 4. The zero-order valence-corrected chi connectivity index (χ0v) is 30.1. The summed E-state index contributed by atoms with van der Waals surface area (Å²) >= 11 is 0. The van der Waals surface area contributed by atoms with E-state index in [-0.39, 0.29) is 18.0 Å². The third kappa shape index (κ3) is 7.83. The Morgan fingerprint density at radius 2 is 1.26 bits per heavy atom. The minimum Gasteiger partial charge on any atom is -0.497 e. The zero-order chi connectivity index (χ0) is 37.6. The molecule has 1 unspecified atom stereocenters. The molecule has 0 aliphatic heterocycles. The van der Waals surface area contributed by atoms with E-state index in [4.69, 9.17) is 26.7 Å². The second-order valence-corrected chi connectivity index (χ2v) is 12.8. The molecule has 0 spiro atoms. The highest BCUT2D eigenvalue weighted by atomic mass is 16.5. The largest absolute Gasteiger partial charge is 0.497 e. The van der Waals surface area contributed by atoms with Gasteiger partial charge in [0.1, 0.15) is 11.5 Å². The molecule has 2 heterocycles. The summed E-state index contributed by atoms with van der Waals surface area (Å²) in [4.78, 5) is 34.8. The third-order valence-electron chi connectivity index (χ3n) is 9.22. The maximum Gasteiger partial charge on any atom is 0.256 e. The van der Waals surface area contributed by atoms with Crippen molar-refractivity contribution in [3.8, 4) is 11.5 Å². The molecule has 6 rings (SSSR count). The highest BCUT2D eigenvalue weighted by Crippen LogP contribution is 2.33. The molecule has 0 aliphatic carbocycles. The topological polar surface area (TPSA) is 193 Å². The standard InChI is InChI=1S/C41H44N8O4/c1-23-21-45-38-30(10-6-12-32(38)40(44)50)36(23)48-34(19-42)26-14-16-28(17-15-26)53-25(3)47-41(51)33-13-7-11-31-37(24(2)22-46-39(31)33)49-35(20-43)27-8-5-9-29(18-27)52-4/h5-18,21-22,25,34-35H,19-20,42-43H2,1-4H3,(H2,44,50)(H,45,48)(H,46,49)(H,47,51)/t25?,34-,35-/m1/s1. The number of amides is 2. The average molecular weight is 713 g/mol. The van der Waals surface area contributed by atoms with E-state index in [1.807, 2.05) is 80.6 Å². The minimum atomic E-state index is -0.657. The van der Waals surface area contributed by atoms with Crippen molar-refractivity contribution in [3.05, 3.63) is 131 Å². The van der Waals surface area contributed by atoms with Crippen LogP contribution in [0.4, 0.5) is 11.4 Å². The molecule has 12 heteroatoms. The first-order chi connectivity index (χ1) is 25.6. The van der Waals surface area contributed by atoms with Gasteiger partial charge in [-0.05, 0) is 79.4 Å². The fourth-order valence-corrected chi connectivity index (χ4v) is 6.45. The molecule has 2 aromatic heterocycles. The van der Waals surface area contributed by atoms with Gasteiger partial charge in [0.25, 0.3) is 11.8 Å². The number of aromatic nitrogens is 2. The quantitative estimate of drug-likeness (QED) is 0.0743. The monoisotopic (exact) mass is 712 g/mol. The van der Waals surface area contributed by atoms with Crippen LogP contribution in [-0.2, 0) is 0 Å². The first kappa shape index (κ1) is 36.5. The molecule has 4 aromatic carbocycles. The first-order valence-electron chi connectivity index (χ1n) is 17.3. The maximum absolute atomic E-state index is 13.6. The fourth-order valence-electron chi connectivity index (χ4n) is 6.45. The van der Waals surface area contributed by atoms with E-state index < -0.39 is 12.1 Å². The normalized spacial score (nSPS) is 12.9. The molecule has 0 bridgehead atoms. The van der Waals surface area contributed by atoms with Crippen LogP contribution in [0.2, 0.25) is 0 Å². The van der Waals surface area contributed by atoms with Gasteiger partial charge in [-0.25, -0.2) is 0 Å². The SMILES string of the molecule is COc1cccc([C@@H](CN)Nc2c(C)cnc3c(C(=O)NC(C)Oc4ccc([C@@H](CN)Nc5c(C)cnc6c(C(N)=O)cccc56)cc4)cccc23)c1. The van der Waals surface area contributed by atoms with Gasteiger partial charge in [0.15, 0.2) is 6.23 Å². The Kier molecular flexibility index (Phi) is 11.0. The van der Waals surface area contributed by atoms with Gasteiger partial charge in [0, 0.05) is 47.6 Å². The smallest absolute Gasteiger partial charge is 0.256 e. The number of ether oxygens (including phenoxy) is 2. The van der Waals surface area contributed by atoms with E-state index in [1.54, 1.807) is 44.6 Å². The summed E-state index contributed by atoms with van der Waals surface area (Å²) in [7, 11) is 1.63.